The number of hydrogen-bond donors (Lipinski definition) is 2. The third-order valence-electron chi connectivity index (χ3n) is 5.57. The summed E-state index contributed by atoms with van der Waals surface area (Å²) >= 11 is 5.92. The van der Waals surface area contributed by atoms with Gasteiger partial charge in [-0.15, -0.1) is 0 Å². The van der Waals surface area contributed by atoms with Crippen LogP contribution in [0.25, 0.3) is 0 Å². The highest BCUT2D eigenvalue weighted by Crippen LogP contribution is 2.27. The Hall–Kier alpha value is -3.11. The van der Waals surface area contributed by atoms with Crippen LogP contribution in [0.5, 0.6) is 0 Å². The lowest BCUT2D eigenvalue weighted by atomic mass is 9.88. The smallest absolute Gasteiger partial charge is 0.251 e. The average molecular weight is 463 g/mol. The Balaban J connectivity index is 1.64. The number of halogens is 1. The number of rotatable bonds is 10. The molecular weight excluding hydrogens is 432 g/mol. The van der Waals surface area contributed by atoms with Gasteiger partial charge >= 0.3 is 0 Å². The Morgan fingerprint density at radius 3 is 1.88 bits per heavy atom. The SMILES string of the molecule is CC(C)C[C@@H](NC(=O)c1ccc(Cl)cc1)C(=O)NCCC(c1ccccc1)c1ccccc1. The first-order chi connectivity index (χ1) is 15.9. The predicted molar refractivity (Wildman–Crippen MR) is 135 cm³/mol. The van der Waals surface area contributed by atoms with Crippen molar-refractivity contribution in [2.75, 3.05) is 6.54 Å². The minimum Gasteiger partial charge on any atom is -0.354 e. The molecule has 0 saturated carbocycles. The Bertz CT molecular complexity index is 981. The van der Waals surface area contributed by atoms with Gasteiger partial charge in [0, 0.05) is 23.0 Å². The standard InChI is InChI=1S/C28H31ClN2O2/c1-20(2)19-26(31-27(32)23-13-15-24(29)16-14-23)28(33)30-18-17-25(21-9-5-3-6-10-21)22-11-7-4-8-12-22/h3-16,20,25-26H,17-19H2,1-2H3,(H,30,33)(H,31,32)/t26-/m1/s1. The highest BCUT2D eigenvalue weighted by Gasteiger charge is 2.23. The summed E-state index contributed by atoms with van der Waals surface area (Å²) in [5, 5.41) is 6.50. The number of nitrogens with one attached hydrogen (secondary N) is 2. The fraction of sp³-hybridized carbons (Fsp3) is 0.286. The molecule has 0 aromatic heterocycles. The Kier molecular flexibility index (Phi) is 9.08. The second-order valence-electron chi connectivity index (χ2n) is 8.62. The molecule has 5 heteroatoms. The number of carbonyl (C=O) groups excluding carboxylic acids is 2. The van der Waals surface area contributed by atoms with Crippen molar-refractivity contribution in [3.8, 4) is 0 Å². The quantitative estimate of drug-likeness (QED) is 0.398. The van der Waals surface area contributed by atoms with Crippen molar-refractivity contribution < 1.29 is 9.59 Å². The van der Waals surface area contributed by atoms with Crippen LogP contribution in [0, 0.1) is 5.92 Å². The van der Waals surface area contributed by atoms with Crippen molar-refractivity contribution in [1.82, 2.24) is 10.6 Å². The van der Waals surface area contributed by atoms with E-state index in [1.165, 1.54) is 11.1 Å². The molecule has 4 nitrogen and oxygen atoms in total. The molecule has 2 amide bonds. The number of carbonyl (C=O) groups is 2. The molecule has 0 heterocycles. The maximum absolute atomic E-state index is 13.0. The van der Waals surface area contributed by atoms with Gasteiger partial charge in [-0.2, -0.15) is 0 Å². The largest absolute Gasteiger partial charge is 0.354 e. The van der Waals surface area contributed by atoms with Crippen LogP contribution in [-0.4, -0.2) is 24.4 Å². The molecule has 0 aliphatic heterocycles. The lowest BCUT2D eigenvalue weighted by Gasteiger charge is -2.22. The van der Waals surface area contributed by atoms with E-state index in [0.29, 0.717) is 23.6 Å². The molecule has 3 aromatic rings. The zero-order chi connectivity index (χ0) is 23.6. The molecule has 1 atom stereocenters. The molecule has 0 spiro atoms. The zero-order valence-corrected chi connectivity index (χ0v) is 19.9. The number of benzene rings is 3. The van der Waals surface area contributed by atoms with Crippen LogP contribution in [0.3, 0.4) is 0 Å². The summed E-state index contributed by atoms with van der Waals surface area (Å²) < 4.78 is 0. The molecule has 33 heavy (non-hydrogen) atoms. The van der Waals surface area contributed by atoms with E-state index in [1.54, 1.807) is 24.3 Å². The molecule has 3 aromatic carbocycles. The minimum atomic E-state index is -0.597. The van der Waals surface area contributed by atoms with E-state index in [-0.39, 0.29) is 23.7 Å². The third kappa shape index (κ3) is 7.47. The Morgan fingerprint density at radius 2 is 1.36 bits per heavy atom. The highest BCUT2D eigenvalue weighted by molar-refractivity contribution is 6.30. The van der Waals surface area contributed by atoms with Crippen molar-refractivity contribution in [1.29, 1.82) is 0 Å². The van der Waals surface area contributed by atoms with Crippen molar-refractivity contribution in [2.24, 2.45) is 5.92 Å². The monoisotopic (exact) mass is 462 g/mol. The Labute approximate surface area is 201 Å². The van der Waals surface area contributed by atoms with Gasteiger partial charge in [-0.05, 0) is 54.2 Å². The normalized spacial score (nSPS) is 11.9. The molecule has 0 aliphatic rings. The van der Waals surface area contributed by atoms with Gasteiger partial charge in [-0.1, -0.05) is 86.1 Å². The summed E-state index contributed by atoms with van der Waals surface area (Å²) in [5.41, 5.74) is 2.91. The van der Waals surface area contributed by atoms with Gasteiger partial charge in [0.25, 0.3) is 5.91 Å². The van der Waals surface area contributed by atoms with Crippen molar-refractivity contribution in [2.45, 2.75) is 38.6 Å². The van der Waals surface area contributed by atoms with Crippen LogP contribution >= 0.6 is 11.6 Å². The molecule has 0 bridgehead atoms. The number of amides is 2. The molecule has 0 fully saturated rings. The molecule has 0 aliphatic carbocycles. The van der Waals surface area contributed by atoms with Gasteiger partial charge in [0.2, 0.25) is 5.91 Å². The first-order valence-electron chi connectivity index (χ1n) is 11.4. The zero-order valence-electron chi connectivity index (χ0n) is 19.1. The average Bonchev–Trinajstić information content (AvgIpc) is 2.82. The van der Waals surface area contributed by atoms with Crippen molar-refractivity contribution in [3.63, 3.8) is 0 Å². The maximum Gasteiger partial charge on any atom is 0.251 e. The topological polar surface area (TPSA) is 58.2 Å². The van der Waals surface area contributed by atoms with Crippen LogP contribution < -0.4 is 10.6 Å². The summed E-state index contributed by atoms with van der Waals surface area (Å²) in [6.07, 6.45) is 1.32. The Morgan fingerprint density at radius 1 is 0.818 bits per heavy atom. The van der Waals surface area contributed by atoms with Crippen LogP contribution in [0.1, 0.15) is 54.1 Å². The lowest BCUT2D eigenvalue weighted by Crippen LogP contribution is -2.47. The predicted octanol–water partition coefficient (Wildman–Crippen LogP) is 5.82. The van der Waals surface area contributed by atoms with Crippen molar-refractivity contribution in [3.05, 3.63) is 107 Å². The van der Waals surface area contributed by atoms with Gasteiger partial charge < -0.3 is 10.6 Å². The van der Waals surface area contributed by atoms with E-state index in [9.17, 15) is 9.59 Å². The maximum atomic E-state index is 13.0. The molecule has 3 rings (SSSR count). The lowest BCUT2D eigenvalue weighted by molar-refractivity contribution is -0.123. The molecule has 0 radical (unpaired) electrons. The van der Waals surface area contributed by atoms with Gasteiger partial charge in [0.05, 0.1) is 0 Å². The van der Waals surface area contributed by atoms with Crippen LogP contribution in [0.2, 0.25) is 5.02 Å². The fourth-order valence-electron chi connectivity index (χ4n) is 3.91. The number of hydrogen-bond acceptors (Lipinski definition) is 2. The van der Waals surface area contributed by atoms with Crippen LogP contribution in [0.15, 0.2) is 84.9 Å². The van der Waals surface area contributed by atoms with E-state index >= 15 is 0 Å². The molecule has 2 N–H and O–H groups in total. The first-order valence-corrected chi connectivity index (χ1v) is 11.8. The molecular formula is C28H31ClN2O2. The van der Waals surface area contributed by atoms with Gasteiger partial charge in [0.15, 0.2) is 0 Å². The second kappa shape index (κ2) is 12.2. The van der Waals surface area contributed by atoms with Crippen LogP contribution in [0.4, 0.5) is 0 Å². The molecule has 0 saturated heterocycles. The van der Waals surface area contributed by atoms with E-state index in [1.807, 2.05) is 50.2 Å². The first kappa shape index (κ1) is 24.5. The summed E-state index contributed by atoms with van der Waals surface area (Å²) in [7, 11) is 0. The van der Waals surface area contributed by atoms with E-state index in [4.69, 9.17) is 11.6 Å². The van der Waals surface area contributed by atoms with Gasteiger partial charge in [-0.3, -0.25) is 9.59 Å². The second-order valence-corrected chi connectivity index (χ2v) is 9.05. The van der Waals surface area contributed by atoms with E-state index in [2.05, 4.69) is 34.9 Å². The minimum absolute atomic E-state index is 0.161. The van der Waals surface area contributed by atoms with E-state index in [0.717, 1.165) is 6.42 Å². The molecule has 172 valence electrons. The van der Waals surface area contributed by atoms with Gasteiger partial charge in [-0.25, -0.2) is 0 Å². The summed E-state index contributed by atoms with van der Waals surface area (Å²) in [6.45, 7) is 4.59. The highest BCUT2D eigenvalue weighted by atomic mass is 35.5. The summed E-state index contributed by atoms with van der Waals surface area (Å²) in [6, 6.07) is 26.7. The third-order valence-corrected chi connectivity index (χ3v) is 5.82. The summed E-state index contributed by atoms with van der Waals surface area (Å²) in [4.78, 5) is 25.7. The summed E-state index contributed by atoms with van der Waals surface area (Å²) in [5.74, 6) is -0.00244. The fourth-order valence-corrected chi connectivity index (χ4v) is 4.03. The van der Waals surface area contributed by atoms with Crippen LogP contribution in [-0.2, 0) is 4.79 Å². The van der Waals surface area contributed by atoms with Gasteiger partial charge in [0.1, 0.15) is 6.04 Å². The molecule has 0 unspecified atom stereocenters. The van der Waals surface area contributed by atoms with E-state index < -0.39 is 6.04 Å². The van der Waals surface area contributed by atoms with Crippen molar-refractivity contribution >= 4 is 23.4 Å².